The van der Waals surface area contributed by atoms with E-state index in [1.165, 1.54) is 21.9 Å². The molecule has 0 amide bonds. The molecule has 0 radical (unpaired) electrons. The molecule has 0 bridgehead atoms. The third-order valence-corrected chi connectivity index (χ3v) is 3.90. The molecule has 1 nitrogen and oxygen atoms in total. The number of ether oxygens (including phenoxy) is 1. The number of fused-ring (bicyclic) bond motifs is 1. The lowest BCUT2D eigenvalue weighted by Crippen LogP contribution is -2.15. The Labute approximate surface area is 134 Å². The molecule has 1 atom stereocenters. The van der Waals surface area contributed by atoms with Crippen molar-refractivity contribution in [1.82, 2.24) is 0 Å². The van der Waals surface area contributed by atoms with Gasteiger partial charge in [-0.15, -0.1) is 0 Å². The molecule has 22 heavy (non-hydrogen) atoms. The van der Waals surface area contributed by atoms with Crippen molar-refractivity contribution in [3.63, 3.8) is 0 Å². The molecule has 1 aliphatic rings. The second-order valence-corrected chi connectivity index (χ2v) is 5.37. The van der Waals surface area contributed by atoms with Gasteiger partial charge in [-0.2, -0.15) is 0 Å². The smallest absolute Gasteiger partial charge is 0.128 e. The summed E-state index contributed by atoms with van der Waals surface area (Å²) in [7, 11) is 0. The Kier molecular flexibility index (Phi) is 5.83. The van der Waals surface area contributed by atoms with Gasteiger partial charge in [-0.1, -0.05) is 62.4 Å². The Hall–Kier alpha value is -2.02. The van der Waals surface area contributed by atoms with Crippen molar-refractivity contribution < 1.29 is 4.74 Å². The van der Waals surface area contributed by atoms with Crippen LogP contribution in [0, 0.1) is 6.92 Å². The highest BCUT2D eigenvalue weighted by atomic mass is 16.5. The Balaban J connectivity index is 0.000000847. The number of hydrogen-bond acceptors (Lipinski definition) is 1. The van der Waals surface area contributed by atoms with Crippen LogP contribution in [0.4, 0.5) is 0 Å². The first-order valence-electron chi connectivity index (χ1n) is 8.27. The number of benzene rings is 2. The molecular formula is C21H26O. The highest BCUT2D eigenvalue weighted by molar-refractivity contribution is 5.90. The fraction of sp³-hybridized carbons (Fsp3) is 0.333. The predicted molar refractivity (Wildman–Crippen MR) is 96.6 cm³/mol. The number of aryl methyl sites for hydroxylation is 1. The molecule has 116 valence electrons. The summed E-state index contributed by atoms with van der Waals surface area (Å²) in [6, 6.07) is 12.7. The maximum Gasteiger partial charge on any atom is 0.128 e. The predicted octanol–water partition coefficient (Wildman–Crippen LogP) is 6.22. The van der Waals surface area contributed by atoms with Crippen LogP contribution in [0.5, 0.6) is 5.75 Å². The normalized spacial score (nSPS) is 14.8. The Morgan fingerprint density at radius 2 is 1.68 bits per heavy atom. The average molecular weight is 294 g/mol. The Morgan fingerprint density at radius 3 is 2.41 bits per heavy atom. The number of hydrogen-bond donors (Lipinski definition) is 0. The largest absolute Gasteiger partial charge is 0.485 e. The summed E-state index contributed by atoms with van der Waals surface area (Å²) in [5.41, 5.74) is 2.57. The quantitative estimate of drug-likeness (QED) is 0.653. The highest BCUT2D eigenvalue weighted by Gasteiger charge is 2.11. The topological polar surface area (TPSA) is 9.23 Å². The fourth-order valence-corrected chi connectivity index (χ4v) is 2.73. The summed E-state index contributed by atoms with van der Waals surface area (Å²) in [5, 5.41) is 2.46. The highest BCUT2D eigenvalue weighted by Crippen LogP contribution is 2.29. The van der Waals surface area contributed by atoms with Crippen LogP contribution in [-0.4, -0.2) is 6.10 Å². The zero-order valence-electron chi connectivity index (χ0n) is 14.1. The molecule has 0 saturated heterocycles. The molecular weight excluding hydrogens is 268 g/mol. The van der Waals surface area contributed by atoms with Crippen molar-refractivity contribution in [2.45, 2.75) is 46.6 Å². The van der Waals surface area contributed by atoms with Crippen LogP contribution in [-0.2, 0) is 0 Å². The van der Waals surface area contributed by atoms with Gasteiger partial charge >= 0.3 is 0 Å². The average Bonchev–Trinajstić information content (AvgIpc) is 2.58. The van der Waals surface area contributed by atoms with E-state index in [-0.39, 0.29) is 6.10 Å². The van der Waals surface area contributed by atoms with Gasteiger partial charge in [0.1, 0.15) is 11.9 Å². The molecule has 0 heterocycles. The van der Waals surface area contributed by atoms with Crippen molar-refractivity contribution in [1.29, 1.82) is 0 Å². The maximum atomic E-state index is 6.20. The fourth-order valence-electron chi connectivity index (χ4n) is 2.73. The van der Waals surface area contributed by atoms with Gasteiger partial charge in [-0.05, 0) is 49.3 Å². The molecule has 0 spiro atoms. The van der Waals surface area contributed by atoms with E-state index < -0.39 is 0 Å². The van der Waals surface area contributed by atoms with Crippen LogP contribution in [0.2, 0.25) is 0 Å². The van der Waals surface area contributed by atoms with Gasteiger partial charge in [-0.25, -0.2) is 0 Å². The molecule has 1 aliphatic carbocycles. The molecule has 1 heteroatoms. The molecule has 0 aliphatic heterocycles. The maximum absolute atomic E-state index is 6.20. The second-order valence-electron chi connectivity index (χ2n) is 5.37. The van der Waals surface area contributed by atoms with Crippen LogP contribution < -0.4 is 4.74 Å². The third-order valence-electron chi connectivity index (χ3n) is 3.90. The van der Waals surface area contributed by atoms with Crippen molar-refractivity contribution >= 4 is 10.8 Å². The summed E-state index contributed by atoms with van der Waals surface area (Å²) < 4.78 is 6.20. The molecule has 0 fully saturated rings. The SMILES string of the molecule is CC.Cc1cccc2c(OC(C)C3=CCCC=C3)cccc12. The minimum atomic E-state index is 0.0951. The first kappa shape index (κ1) is 16.4. The summed E-state index contributed by atoms with van der Waals surface area (Å²) in [5.74, 6) is 0.971. The summed E-state index contributed by atoms with van der Waals surface area (Å²) in [6.07, 6.45) is 9.05. The third kappa shape index (κ3) is 3.59. The van der Waals surface area contributed by atoms with Gasteiger partial charge in [0, 0.05) is 5.39 Å². The van der Waals surface area contributed by atoms with E-state index in [0.29, 0.717) is 0 Å². The van der Waals surface area contributed by atoms with Crippen molar-refractivity contribution in [3.05, 3.63) is 65.8 Å². The molecule has 2 aromatic rings. The van der Waals surface area contributed by atoms with E-state index in [0.717, 1.165) is 18.6 Å². The lowest BCUT2D eigenvalue weighted by Gasteiger charge is -2.19. The molecule has 0 aromatic heterocycles. The van der Waals surface area contributed by atoms with E-state index >= 15 is 0 Å². The molecule has 1 unspecified atom stereocenters. The lowest BCUT2D eigenvalue weighted by atomic mass is 10.0. The molecule has 0 saturated carbocycles. The summed E-state index contributed by atoms with van der Waals surface area (Å²) in [6.45, 7) is 8.26. The standard InChI is InChI=1S/C19H20O.C2H6/c1-14-8-6-12-18-17(14)11-7-13-19(18)20-15(2)16-9-4-3-5-10-16;1-2/h4,6-13,15H,3,5H2,1-2H3;1-2H3. The summed E-state index contributed by atoms with van der Waals surface area (Å²) in [4.78, 5) is 0. The van der Waals surface area contributed by atoms with Crippen LogP contribution in [0.25, 0.3) is 10.8 Å². The molecule has 0 N–H and O–H groups in total. The van der Waals surface area contributed by atoms with Gasteiger partial charge in [0.15, 0.2) is 0 Å². The van der Waals surface area contributed by atoms with Gasteiger partial charge in [0.05, 0.1) is 0 Å². The zero-order valence-corrected chi connectivity index (χ0v) is 14.1. The molecule has 3 rings (SSSR count). The van der Waals surface area contributed by atoms with Crippen molar-refractivity contribution in [3.8, 4) is 5.75 Å². The minimum Gasteiger partial charge on any atom is -0.485 e. The molecule has 2 aromatic carbocycles. The van der Waals surface area contributed by atoms with Crippen molar-refractivity contribution in [2.75, 3.05) is 0 Å². The Bertz CT molecular complexity index is 679. The number of allylic oxidation sites excluding steroid dienone is 2. The number of rotatable bonds is 3. The van der Waals surface area contributed by atoms with Gasteiger partial charge in [0.2, 0.25) is 0 Å². The first-order chi connectivity index (χ1) is 10.8. The zero-order chi connectivity index (χ0) is 15.9. The van der Waals surface area contributed by atoms with E-state index in [9.17, 15) is 0 Å². The summed E-state index contributed by atoms with van der Waals surface area (Å²) >= 11 is 0. The van der Waals surface area contributed by atoms with Gasteiger partial charge in [0.25, 0.3) is 0 Å². The van der Waals surface area contributed by atoms with E-state index in [1.807, 2.05) is 13.8 Å². The van der Waals surface area contributed by atoms with Gasteiger partial charge < -0.3 is 4.74 Å². The van der Waals surface area contributed by atoms with Crippen LogP contribution in [0.1, 0.15) is 39.2 Å². The van der Waals surface area contributed by atoms with E-state index in [2.05, 4.69) is 68.5 Å². The monoisotopic (exact) mass is 294 g/mol. The van der Waals surface area contributed by atoms with E-state index in [4.69, 9.17) is 4.74 Å². The van der Waals surface area contributed by atoms with Crippen LogP contribution in [0.3, 0.4) is 0 Å². The Morgan fingerprint density at radius 1 is 0.955 bits per heavy atom. The van der Waals surface area contributed by atoms with Gasteiger partial charge in [-0.3, -0.25) is 0 Å². The van der Waals surface area contributed by atoms with E-state index in [1.54, 1.807) is 0 Å². The second kappa shape index (κ2) is 7.84. The van der Waals surface area contributed by atoms with Crippen LogP contribution >= 0.6 is 0 Å². The van der Waals surface area contributed by atoms with Crippen LogP contribution in [0.15, 0.2) is 60.2 Å². The minimum absolute atomic E-state index is 0.0951. The lowest BCUT2D eigenvalue weighted by molar-refractivity contribution is 0.263. The first-order valence-corrected chi connectivity index (χ1v) is 8.27. The van der Waals surface area contributed by atoms with Crippen molar-refractivity contribution in [2.24, 2.45) is 0 Å².